The fourth-order valence-electron chi connectivity index (χ4n) is 2.08. The van der Waals surface area contributed by atoms with Gasteiger partial charge in [0.15, 0.2) is 0 Å². The Kier molecular flexibility index (Phi) is 13.1. The van der Waals surface area contributed by atoms with E-state index in [0.717, 1.165) is 13.1 Å². The normalized spacial score (nSPS) is 10.5. The second-order valence-corrected chi connectivity index (χ2v) is 4.99. The number of nitrogens with one attached hydrogen (secondary N) is 1. The predicted octanol–water partition coefficient (Wildman–Crippen LogP) is 4.84. The molecule has 0 rings (SSSR count). The number of unbranched alkanes of at least 4 members (excludes halogenated alkanes) is 8. The molecule has 0 aliphatic heterocycles. The molecule has 0 saturated heterocycles. The van der Waals surface area contributed by atoms with Gasteiger partial charge in [-0.2, -0.15) is 0 Å². The van der Waals surface area contributed by atoms with Crippen molar-refractivity contribution in [1.82, 2.24) is 4.90 Å². The molecule has 0 fully saturated rings. The van der Waals surface area contributed by atoms with E-state index in [1.54, 1.807) is 0 Å². The Morgan fingerprint density at radius 1 is 0.706 bits per heavy atom. The van der Waals surface area contributed by atoms with Crippen molar-refractivity contribution in [1.29, 1.82) is 5.41 Å². The number of hydrogen-bond donors (Lipinski definition) is 1. The summed E-state index contributed by atoms with van der Waals surface area (Å²) in [5.41, 5.74) is 0. The summed E-state index contributed by atoms with van der Waals surface area (Å²) < 4.78 is 0. The SMILES string of the molecule is CCCCCCCN(C=N)CCCCCCC. The van der Waals surface area contributed by atoms with E-state index in [1.807, 2.05) is 0 Å². The Hall–Kier alpha value is -0.530. The van der Waals surface area contributed by atoms with Crippen LogP contribution in [0.3, 0.4) is 0 Å². The molecule has 2 heteroatoms. The van der Waals surface area contributed by atoms with Gasteiger partial charge in [0.2, 0.25) is 0 Å². The second kappa shape index (κ2) is 13.5. The van der Waals surface area contributed by atoms with Crippen LogP contribution in [0.15, 0.2) is 0 Å². The molecule has 0 radical (unpaired) electrons. The first-order chi connectivity index (χ1) is 8.35. The topological polar surface area (TPSA) is 27.1 Å². The molecule has 2 nitrogen and oxygen atoms in total. The fourth-order valence-corrected chi connectivity index (χ4v) is 2.08. The molecule has 17 heavy (non-hydrogen) atoms. The first-order valence-corrected chi connectivity index (χ1v) is 7.59. The van der Waals surface area contributed by atoms with Crippen LogP contribution in [0, 0.1) is 5.41 Å². The summed E-state index contributed by atoms with van der Waals surface area (Å²) in [7, 11) is 0. The molecule has 0 aromatic heterocycles. The summed E-state index contributed by atoms with van der Waals surface area (Å²) in [6, 6.07) is 0. The zero-order valence-corrected chi connectivity index (χ0v) is 12.0. The molecule has 0 bridgehead atoms. The van der Waals surface area contributed by atoms with Crippen LogP contribution in [-0.2, 0) is 0 Å². The summed E-state index contributed by atoms with van der Waals surface area (Å²) >= 11 is 0. The highest BCUT2D eigenvalue weighted by Crippen LogP contribution is 2.06. The fraction of sp³-hybridized carbons (Fsp3) is 0.933. The Morgan fingerprint density at radius 2 is 1.12 bits per heavy atom. The quantitative estimate of drug-likeness (QED) is 0.278. The van der Waals surface area contributed by atoms with Crippen LogP contribution in [0.25, 0.3) is 0 Å². The van der Waals surface area contributed by atoms with Crippen molar-refractivity contribution < 1.29 is 0 Å². The van der Waals surface area contributed by atoms with Crippen molar-refractivity contribution in [2.75, 3.05) is 13.1 Å². The molecule has 0 aliphatic carbocycles. The van der Waals surface area contributed by atoms with E-state index in [9.17, 15) is 0 Å². The Labute approximate surface area is 108 Å². The Balaban J connectivity index is 3.33. The smallest absolute Gasteiger partial charge is 0.0817 e. The summed E-state index contributed by atoms with van der Waals surface area (Å²) in [6.45, 7) is 6.67. The highest BCUT2D eigenvalue weighted by molar-refractivity contribution is 5.50. The Morgan fingerprint density at radius 3 is 1.47 bits per heavy atom. The molecule has 0 amide bonds. The lowest BCUT2D eigenvalue weighted by atomic mass is 10.1. The molecular formula is C15H32N2. The molecule has 0 atom stereocenters. The van der Waals surface area contributed by atoms with Crippen LogP contribution in [0.2, 0.25) is 0 Å². The van der Waals surface area contributed by atoms with Gasteiger partial charge in [0.25, 0.3) is 0 Å². The average molecular weight is 240 g/mol. The minimum atomic E-state index is 1.08. The highest BCUT2D eigenvalue weighted by Gasteiger charge is 1.99. The van der Waals surface area contributed by atoms with E-state index < -0.39 is 0 Å². The maximum atomic E-state index is 7.39. The van der Waals surface area contributed by atoms with Crippen molar-refractivity contribution >= 4 is 6.34 Å². The van der Waals surface area contributed by atoms with Gasteiger partial charge in [0.1, 0.15) is 0 Å². The van der Waals surface area contributed by atoms with Crippen LogP contribution < -0.4 is 0 Å². The van der Waals surface area contributed by atoms with E-state index >= 15 is 0 Å². The van der Waals surface area contributed by atoms with Crippen molar-refractivity contribution in [2.45, 2.75) is 78.1 Å². The molecule has 102 valence electrons. The summed E-state index contributed by atoms with van der Waals surface area (Å²) in [4.78, 5) is 2.18. The molecule has 0 spiro atoms. The zero-order chi connectivity index (χ0) is 12.8. The van der Waals surface area contributed by atoms with Gasteiger partial charge in [-0.15, -0.1) is 0 Å². The van der Waals surface area contributed by atoms with E-state index in [1.165, 1.54) is 70.5 Å². The minimum Gasteiger partial charge on any atom is -0.363 e. The summed E-state index contributed by atoms with van der Waals surface area (Å²) in [5.74, 6) is 0. The molecular weight excluding hydrogens is 208 g/mol. The monoisotopic (exact) mass is 240 g/mol. The zero-order valence-electron chi connectivity index (χ0n) is 12.0. The van der Waals surface area contributed by atoms with Crippen LogP contribution in [0.5, 0.6) is 0 Å². The lowest BCUT2D eigenvalue weighted by molar-refractivity contribution is 0.393. The van der Waals surface area contributed by atoms with Crippen LogP contribution >= 0.6 is 0 Å². The van der Waals surface area contributed by atoms with Gasteiger partial charge in [0, 0.05) is 13.1 Å². The first kappa shape index (κ1) is 16.5. The number of rotatable bonds is 13. The second-order valence-electron chi connectivity index (χ2n) is 4.99. The standard InChI is InChI=1S/C15H32N2/c1-3-5-7-9-11-13-17(15-16)14-12-10-8-6-4-2/h15-16H,3-14H2,1-2H3. The third-order valence-corrected chi connectivity index (χ3v) is 3.28. The van der Waals surface area contributed by atoms with E-state index in [0.29, 0.717) is 0 Å². The Bertz CT molecular complexity index is 143. The van der Waals surface area contributed by atoms with Gasteiger partial charge in [-0.3, -0.25) is 5.41 Å². The van der Waals surface area contributed by atoms with E-state index in [2.05, 4.69) is 18.7 Å². The number of nitrogens with zero attached hydrogens (tertiary/aromatic N) is 1. The van der Waals surface area contributed by atoms with Crippen LogP contribution in [-0.4, -0.2) is 24.3 Å². The maximum Gasteiger partial charge on any atom is 0.0817 e. The lowest BCUT2D eigenvalue weighted by Crippen LogP contribution is -2.24. The maximum absolute atomic E-state index is 7.39. The summed E-state index contributed by atoms with van der Waals surface area (Å²) in [5, 5.41) is 7.39. The highest BCUT2D eigenvalue weighted by atomic mass is 15.1. The molecule has 0 heterocycles. The lowest BCUT2D eigenvalue weighted by Gasteiger charge is -2.18. The molecule has 0 aliphatic rings. The molecule has 0 aromatic rings. The van der Waals surface area contributed by atoms with E-state index in [4.69, 9.17) is 5.41 Å². The van der Waals surface area contributed by atoms with Crippen LogP contribution in [0.1, 0.15) is 78.1 Å². The van der Waals surface area contributed by atoms with Gasteiger partial charge in [-0.05, 0) is 12.8 Å². The first-order valence-electron chi connectivity index (χ1n) is 7.59. The largest absolute Gasteiger partial charge is 0.363 e. The molecule has 1 N–H and O–H groups in total. The minimum absolute atomic E-state index is 1.08. The predicted molar refractivity (Wildman–Crippen MR) is 77.9 cm³/mol. The molecule has 0 saturated carbocycles. The van der Waals surface area contributed by atoms with Crippen molar-refractivity contribution in [3.63, 3.8) is 0 Å². The third kappa shape index (κ3) is 11.7. The van der Waals surface area contributed by atoms with Gasteiger partial charge >= 0.3 is 0 Å². The van der Waals surface area contributed by atoms with Gasteiger partial charge < -0.3 is 4.90 Å². The number of hydrogen-bond acceptors (Lipinski definition) is 1. The summed E-state index contributed by atoms with van der Waals surface area (Å²) in [6.07, 6.45) is 14.8. The third-order valence-electron chi connectivity index (χ3n) is 3.28. The van der Waals surface area contributed by atoms with Gasteiger partial charge in [-0.1, -0.05) is 65.2 Å². The van der Waals surface area contributed by atoms with E-state index in [-0.39, 0.29) is 0 Å². The van der Waals surface area contributed by atoms with Gasteiger partial charge in [0.05, 0.1) is 6.34 Å². The average Bonchev–Trinajstić information content (AvgIpc) is 2.36. The molecule has 0 unspecified atom stereocenters. The van der Waals surface area contributed by atoms with Crippen molar-refractivity contribution in [3.05, 3.63) is 0 Å². The van der Waals surface area contributed by atoms with Crippen molar-refractivity contribution in [2.24, 2.45) is 0 Å². The van der Waals surface area contributed by atoms with Crippen LogP contribution in [0.4, 0.5) is 0 Å². The molecule has 0 aromatic carbocycles. The van der Waals surface area contributed by atoms with Crippen molar-refractivity contribution in [3.8, 4) is 0 Å². The van der Waals surface area contributed by atoms with Gasteiger partial charge in [-0.25, -0.2) is 0 Å².